The van der Waals surface area contributed by atoms with Crippen molar-refractivity contribution in [3.05, 3.63) is 88.2 Å². The lowest BCUT2D eigenvalue weighted by molar-refractivity contribution is 0.0950. The third-order valence-electron chi connectivity index (χ3n) is 6.91. The van der Waals surface area contributed by atoms with Gasteiger partial charge >= 0.3 is 0 Å². The molecule has 0 saturated heterocycles. The molecule has 4 aromatic rings. The highest BCUT2D eigenvalue weighted by atomic mass is 35.5. The molecule has 194 valence electrons. The van der Waals surface area contributed by atoms with E-state index in [0.29, 0.717) is 16.3 Å². The van der Waals surface area contributed by atoms with E-state index in [9.17, 15) is 13.2 Å². The maximum Gasteiger partial charge on any atom is 0.251 e. The number of pyridine rings is 2. The number of aryl methyl sites for hydroxylation is 1. The number of aromatic nitrogens is 2. The Hall–Kier alpha value is -3.53. The van der Waals surface area contributed by atoms with Crippen molar-refractivity contribution in [2.45, 2.75) is 30.9 Å². The molecule has 0 atom stereocenters. The van der Waals surface area contributed by atoms with Gasteiger partial charge in [0.15, 0.2) is 9.84 Å². The highest BCUT2D eigenvalue weighted by molar-refractivity contribution is 7.91. The van der Waals surface area contributed by atoms with Gasteiger partial charge in [0.1, 0.15) is 5.82 Å². The van der Waals surface area contributed by atoms with Gasteiger partial charge in [-0.2, -0.15) is 0 Å². The molecule has 0 fully saturated rings. The van der Waals surface area contributed by atoms with Crippen molar-refractivity contribution < 1.29 is 17.9 Å². The molecule has 0 aliphatic carbocycles. The van der Waals surface area contributed by atoms with E-state index in [4.69, 9.17) is 21.3 Å². The molecule has 0 saturated carbocycles. The number of amides is 1. The molecular formula is C28H25ClN4O4S. The van der Waals surface area contributed by atoms with Crippen molar-refractivity contribution in [2.75, 3.05) is 23.8 Å². The standard InChI is InChI=1S/C28H25ClN4O4S/c29-22-7-5-18-2-1-9-33(25(18)13-22)27-8-6-20-15-30-23(14-24(20)32-27)16-31-28(34)19-3-4-21-17-37-10-11-38(35,36)26(21)12-19/h3-8,12-15H,1-2,9-11,16-17H2,(H,31,34). The van der Waals surface area contributed by atoms with E-state index >= 15 is 0 Å². The van der Waals surface area contributed by atoms with Gasteiger partial charge in [-0.3, -0.25) is 9.78 Å². The molecule has 2 aromatic carbocycles. The normalized spacial score (nSPS) is 16.4. The summed E-state index contributed by atoms with van der Waals surface area (Å²) in [5, 5.41) is 4.43. The lowest BCUT2D eigenvalue weighted by Gasteiger charge is -2.30. The van der Waals surface area contributed by atoms with Crippen LogP contribution in [0.5, 0.6) is 0 Å². The fourth-order valence-corrected chi connectivity index (χ4v) is 6.47. The van der Waals surface area contributed by atoms with E-state index < -0.39 is 9.84 Å². The quantitative estimate of drug-likeness (QED) is 0.397. The summed E-state index contributed by atoms with van der Waals surface area (Å²) in [6.07, 6.45) is 3.77. The maximum absolute atomic E-state index is 12.9. The van der Waals surface area contributed by atoms with Crippen LogP contribution in [-0.4, -0.2) is 43.2 Å². The van der Waals surface area contributed by atoms with Gasteiger partial charge in [0.25, 0.3) is 5.91 Å². The number of anilines is 2. The SMILES string of the molecule is O=C(NCc1cc2nc(N3CCCc4ccc(Cl)cc43)ccc2cn1)c1ccc2c(c1)S(=O)(=O)CCOC2. The third kappa shape index (κ3) is 4.84. The summed E-state index contributed by atoms with van der Waals surface area (Å²) in [5.74, 6) is 0.354. The van der Waals surface area contributed by atoms with Gasteiger partial charge < -0.3 is 15.0 Å². The highest BCUT2D eigenvalue weighted by Crippen LogP contribution is 2.35. The Labute approximate surface area is 225 Å². The molecular weight excluding hydrogens is 524 g/mol. The minimum Gasteiger partial charge on any atom is -0.376 e. The van der Waals surface area contributed by atoms with Crippen LogP contribution >= 0.6 is 11.6 Å². The van der Waals surface area contributed by atoms with E-state index in [2.05, 4.69) is 21.3 Å². The molecule has 4 heterocycles. The van der Waals surface area contributed by atoms with Gasteiger partial charge in [-0.05, 0) is 66.4 Å². The second kappa shape index (κ2) is 9.98. The Kier molecular flexibility index (Phi) is 6.51. The minimum absolute atomic E-state index is 0.100. The van der Waals surface area contributed by atoms with Crippen molar-refractivity contribution >= 4 is 49.8 Å². The summed E-state index contributed by atoms with van der Waals surface area (Å²) in [4.78, 5) is 24.6. The largest absolute Gasteiger partial charge is 0.376 e. The van der Waals surface area contributed by atoms with E-state index in [1.54, 1.807) is 18.3 Å². The first-order valence-corrected chi connectivity index (χ1v) is 14.4. The smallest absolute Gasteiger partial charge is 0.251 e. The molecule has 0 radical (unpaired) electrons. The van der Waals surface area contributed by atoms with E-state index in [1.165, 1.54) is 11.6 Å². The zero-order chi connectivity index (χ0) is 26.3. The van der Waals surface area contributed by atoms with Crippen LogP contribution in [0.4, 0.5) is 11.5 Å². The van der Waals surface area contributed by atoms with Crippen molar-refractivity contribution in [1.82, 2.24) is 15.3 Å². The topological polar surface area (TPSA) is 101 Å². The predicted octanol–water partition coefficient (Wildman–Crippen LogP) is 4.60. The molecule has 2 aliphatic heterocycles. The van der Waals surface area contributed by atoms with Crippen molar-refractivity contribution in [3.8, 4) is 0 Å². The van der Waals surface area contributed by atoms with Gasteiger partial charge in [-0.15, -0.1) is 0 Å². The lowest BCUT2D eigenvalue weighted by atomic mass is 10.0. The summed E-state index contributed by atoms with van der Waals surface area (Å²) in [6.45, 7) is 1.38. The number of carbonyl (C=O) groups excluding carboxylic acids is 1. The van der Waals surface area contributed by atoms with Crippen LogP contribution in [0.3, 0.4) is 0 Å². The molecule has 8 nitrogen and oxygen atoms in total. The first-order chi connectivity index (χ1) is 18.4. The molecule has 1 amide bonds. The molecule has 2 aliphatic rings. The third-order valence-corrected chi connectivity index (χ3v) is 8.90. The number of carbonyl (C=O) groups is 1. The number of sulfone groups is 1. The zero-order valence-corrected chi connectivity index (χ0v) is 22.1. The van der Waals surface area contributed by atoms with Gasteiger partial charge in [-0.25, -0.2) is 13.4 Å². The van der Waals surface area contributed by atoms with Crippen molar-refractivity contribution in [1.29, 1.82) is 0 Å². The van der Waals surface area contributed by atoms with E-state index in [1.807, 2.05) is 30.3 Å². The van der Waals surface area contributed by atoms with Crippen LogP contribution in [0.2, 0.25) is 5.02 Å². The number of halogens is 1. The van der Waals surface area contributed by atoms with Crippen LogP contribution in [0.25, 0.3) is 10.9 Å². The Morgan fingerprint density at radius 3 is 2.84 bits per heavy atom. The van der Waals surface area contributed by atoms with Crippen LogP contribution in [-0.2, 0) is 34.1 Å². The second-order valence-electron chi connectivity index (χ2n) is 9.44. The average Bonchev–Trinajstić information content (AvgIpc) is 3.08. The van der Waals surface area contributed by atoms with Crippen LogP contribution < -0.4 is 10.2 Å². The van der Waals surface area contributed by atoms with Crippen LogP contribution in [0, 0.1) is 0 Å². The van der Waals surface area contributed by atoms with Gasteiger partial charge in [0, 0.05) is 34.4 Å². The molecule has 0 spiro atoms. The fraction of sp³-hybridized carbons (Fsp3) is 0.250. The predicted molar refractivity (Wildman–Crippen MR) is 146 cm³/mol. The number of nitrogens with zero attached hydrogens (tertiary/aromatic N) is 3. The Balaban J connectivity index is 1.22. The van der Waals surface area contributed by atoms with Gasteiger partial charge in [0.2, 0.25) is 0 Å². The lowest BCUT2D eigenvalue weighted by Crippen LogP contribution is -2.25. The maximum atomic E-state index is 12.9. The van der Waals surface area contributed by atoms with Crippen molar-refractivity contribution in [2.24, 2.45) is 0 Å². The Bertz CT molecular complexity index is 1680. The molecule has 10 heteroatoms. The molecule has 2 aromatic heterocycles. The number of rotatable bonds is 4. The second-order valence-corrected chi connectivity index (χ2v) is 12.0. The average molecular weight is 549 g/mol. The molecule has 0 unspecified atom stereocenters. The first kappa shape index (κ1) is 24.8. The van der Waals surface area contributed by atoms with Crippen LogP contribution in [0.15, 0.2) is 65.7 Å². The molecule has 0 bridgehead atoms. The zero-order valence-electron chi connectivity index (χ0n) is 20.5. The minimum atomic E-state index is -3.50. The van der Waals surface area contributed by atoms with E-state index in [-0.39, 0.29) is 41.9 Å². The Morgan fingerprint density at radius 2 is 1.95 bits per heavy atom. The number of hydrogen-bond acceptors (Lipinski definition) is 7. The van der Waals surface area contributed by atoms with Gasteiger partial charge in [0.05, 0.1) is 41.6 Å². The molecule has 1 N–H and O–H groups in total. The number of benzene rings is 2. The number of hydrogen-bond donors (Lipinski definition) is 1. The monoisotopic (exact) mass is 548 g/mol. The summed E-state index contributed by atoms with van der Waals surface area (Å²) in [7, 11) is -3.50. The Morgan fingerprint density at radius 1 is 1.08 bits per heavy atom. The molecule has 38 heavy (non-hydrogen) atoms. The number of fused-ring (bicyclic) bond motifs is 3. The summed E-state index contributed by atoms with van der Waals surface area (Å²) < 4.78 is 30.5. The summed E-state index contributed by atoms with van der Waals surface area (Å²) in [6, 6.07) is 16.5. The summed E-state index contributed by atoms with van der Waals surface area (Å²) in [5.41, 5.74) is 4.58. The number of nitrogens with one attached hydrogen (secondary N) is 1. The fourth-order valence-electron chi connectivity index (χ4n) is 4.92. The molecule has 6 rings (SSSR count). The highest BCUT2D eigenvalue weighted by Gasteiger charge is 2.24. The van der Waals surface area contributed by atoms with Crippen LogP contribution in [0.1, 0.15) is 33.6 Å². The first-order valence-electron chi connectivity index (χ1n) is 12.4. The van der Waals surface area contributed by atoms with Gasteiger partial charge in [-0.1, -0.05) is 23.7 Å². The van der Waals surface area contributed by atoms with E-state index in [0.717, 1.165) is 41.8 Å². The van der Waals surface area contributed by atoms with Crippen molar-refractivity contribution in [3.63, 3.8) is 0 Å². The summed E-state index contributed by atoms with van der Waals surface area (Å²) >= 11 is 6.28. The number of ether oxygens (including phenoxy) is 1.